The van der Waals surface area contributed by atoms with E-state index in [2.05, 4.69) is 0 Å². The monoisotopic (exact) mass is 390 g/mol. The van der Waals surface area contributed by atoms with Gasteiger partial charge in [0.25, 0.3) is 0 Å². The van der Waals surface area contributed by atoms with Gasteiger partial charge in [-0.2, -0.15) is 10.5 Å². The first-order chi connectivity index (χ1) is 12.5. The Kier molecular flexibility index (Phi) is 3.99. The summed E-state index contributed by atoms with van der Waals surface area (Å²) < 4.78 is 58.8. The van der Waals surface area contributed by atoms with Crippen LogP contribution in [-0.4, -0.2) is 18.5 Å². The van der Waals surface area contributed by atoms with Gasteiger partial charge in [-0.1, -0.05) is 0 Å². The molecule has 2 aromatic rings. The van der Waals surface area contributed by atoms with Crippen LogP contribution in [0.25, 0.3) is 0 Å². The second-order valence-electron chi connectivity index (χ2n) is 6.31. The second kappa shape index (κ2) is 5.74. The predicted octanol–water partition coefficient (Wildman–Crippen LogP) is 3.04. The predicted molar refractivity (Wildman–Crippen MR) is 88.6 cm³/mol. The Morgan fingerprint density at radius 1 is 1.15 bits per heavy atom. The van der Waals surface area contributed by atoms with Crippen LogP contribution in [0.3, 0.4) is 0 Å². The molecule has 0 spiro atoms. The first kappa shape index (κ1) is 18.8. The number of fused-ring (bicyclic) bond motifs is 1. The average molecular weight is 390 g/mol. The zero-order chi connectivity index (χ0) is 20.2. The van der Waals surface area contributed by atoms with E-state index in [4.69, 9.17) is 10.00 Å². The molecule has 0 saturated carbocycles. The van der Waals surface area contributed by atoms with Gasteiger partial charge in [0.15, 0.2) is 0 Å². The number of rotatable bonds is 2. The van der Waals surface area contributed by atoms with Gasteiger partial charge in [0.1, 0.15) is 34.5 Å². The van der Waals surface area contributed by atoms with Gasteiger partial charge in [-0.05, 0) is 38.1 Å². The van der Waals surface area contributed by atoms with Crippen molar-refractivity contribution in [3.8, 4) is 23.6 Å². The van der Waals surface area contributed by atoms with Gasteiger partial charge in [0.05, 0.1) is 16.5 Å². The summed E-state index contributed by atoms with van der Waals surface area (Å²) in [5.41, 5.74) is -3.36. The van der Waals surface area contributed by atoms with Crippen LogP contribution < -0.4 is 4.74 Å². The van der Waals surface area contributed by atoms with E-state index in [0.717, 1.165) is 38.1 Å². The summed E-state index contributed by atoms with van der Waals surface area (Å²) in [4.78, 5) is -0.515. The lowest BCUT2D eigenvalue weighted by Crippen LogP contribution is -2.44. The van der Waals surface area contributed by atoms with Crippen molar-refractivity contribution in [2.45, 2.75) is 29.3 Å². The molecule has 138 valence electrons. The molecule has 6 nitrogen and oxygen atoms in total. The average Bonchev–Trinajstić information content (AvgIpc) is 2.69. The summed E-state index contributed by atoms with van der Waals surface area (Å²) in [5, 5.41) is 25.9. The van der Waals surface area contributed by atoms with Crippen molar-refractivity contribution in [3.63, 3.8) is 0 Å². The Morgan fingerprint density at radius 3 is 2.41 bits per heavy atom. The van der Waals surface area contributed by atoms with Gasteiger partial charge >= 0.3 is 0 Å². The molecule has 1 aliphatic heterocycles. The Balaban J connectivity index is 2.23. The molecule has 0 fully saturated rings. The molecule has 9 heteroatoms. The molecule has 1 unspecified atom stereocenters. The van der Waals surface area contributed by atoms with E-state index in [1.165, 1.54) is 6.07 Å². The number of hydrogen-bond donors (Lipinski definition) is 1. The van der Waals surface area contributed by atoms with Crippen LogP contribution in [0.2, 0.25) is 0 Å². The number of aliphatic hydroxyl groups is 1. The summed E-state index contributed by atoms with van der Waals surface area (Å²) in [6, 6.07) is 8.75. The second-order valence-corrected chi connectivity index (χ2v) is 8.52. The molecular weight excluding hydrogens is 378 g/mol. The van der Waals surface area contributed by atoms with Gasteiger partial charge in [0, 0.05) is 11.6 Å². The Morgan fingerprint density at radius 2 is 1.81 bits per heavy atom. The van der Waals surface area contributed by atoms with E-state index in [-0.39, 0.29) is 17.1 Å². The van der Waals surface area contributed by atoms with Crippen molar-refractivity contribution in [2.75, 3.05) is 0 Å². The molecule has 0 bridgehead atoms. The van der Waals surface area contributed by atoms with Crippen molar-refractivity contribution in [3.05, 3.63) is 52.8 Å². The van der Waals surface area contributed by atoms with E-state index in [1.807, 2.05) is 0 Å². The molecule has 3 rings (SSSR count). The van der Waals surface area contributed by atoms with Gasteiger partial charge in [0.2, 0.25) is 14.8 Å². The molecule has 27 heavy (non-hydrogen) atoms. The minimum atomic E-state index is -4.56. The minimum Gasteiger partial charge on any atom is -0.456 e. The van der Waals surface area contributed by atoms with Crippen LogP contribution in [0.15, 0.2) is 35.2 Å². The molecule has 0 aromatic heterocycles. The van der Waals surface area contributed by atoms with Crippen molar-refractivity contribution >= 4 is 9.84 Å². The highest BCUT2D eigenvalue weighted by Gasteiger charge is 2.64. The highest BCUT2D eigenvalue weighted by Crippen LogP contribution is 2.54. The van der Waals surface area contributed by atoms with Crippen LogP contribution >= 0.6 is 0 Å². The lowest BCUT2D eigenvalue weighted by molar-refractivity contribution is -0.0353. The maximum atomic E-state index is 14.9. The fourth-order valence-electron chi connectivity index (χ4n) is 2.97. The van der Waals surface area contributed by atoms with Crippen LogP contribution in [0.5, 0.6) is 11.5 Å². The number of benzene rings is 2. The van der Waals surface area contributed by atoms with Crippen LogP contribution in [0.1, 0.15) is 30.5 Å². The zero-order valence-corrected chi connectivity index (χ0v) is 14.9. The first-order valence-electron chi connectivity index (χ1n) is 7.59. The maximum absolute atomic E-state index is 14.9. The van der Waals surface area contributed by atoms with E-state index in [9.17, 15) is 27.6 Å². The standard InChI is InChI=1S/C18H12F2N2O4S/c1-17(23)16-13(9-22)14(3-4-15(16)27(24,25)18(17,2)20)26-12-6-10(8-21)5-11(19)7-12/h3-7,23H,1-2H3/t17-,18?/m1/s1. The fourth-order valence-corrected chi connectivity index (χ4v) is 4.83. The molecule has 1 aliphatic rings. The highest BCUT2D eigenvalue weighted by molar-refractivity contribution is 7.93. The summed E-state index contributed by atoms with van der Waals surface area (Å²) in [7, 11) is -4.56. The normalized spacial score (nSPS) is 25.3. The molecule has 0 amide bonds. The third kappa shape index (κ3) is 2.47. The fraction of sp³-hybridized carbons (Fsp3) is 0.222. The van der Waals surface area contributed by atoms with E-state index in [1.54, 1.807) is 12.1 Å². The van der Waals surface area contributed by atoms with E-state index in [0.29, 0.717) is 0 Å². The van der Waals surface area contributed by atoms with Crippen molar-refractivity contribution < 1.29 is 27.0 Å². The SMILES string of the molecule is CC1(F)[C@](C)(O)c2c(ccc(Oc3cc(F)cc(C#N)c3)c2C#N)S1(=O)=O. The summed E-state index contributed by atoms with van der Waals surface area (Å²) in [6.07, 6.45) is 0. The number of ether oxygens (including phenoxy) is 1. The molecular formula is C18H12F2N2O4S. The zero-order valence-electron chi connectivity index (χ0n) is 14.1. The third-order valence-corrected chi connectivity index (χ3v) is 6.95. The molecule has 0 radical (unpaired) electrons. The molecule has 0 aliphatic carbocycles. The summed E-state index contributed by atoms with van der Waals surface area (Å²) >= 11 is 0. The Hall–Kier alpha value is -3.01. The number of nitrogens with zero attached hydrogens (tertiary/aromatic N) is 2. The number of nitriles is 2. The molecule has 1 N–H and O–H groups in total. The van der Waals surface area contributed by atoms with Crippen LogP contribution in [0, 0.1) is 28.5 Å². The number of alkyl halides is 1. The smallest absolute Gasteiger partial charge is 0.244 e. The van der Waals surface area contributed by atoms with Gasteiger partial charge in [-0.25, -0.2) is 17.2 Å². The summed E-state index contributed by atoms with van der Waals surface area (Å²) in [6.45, 7) is 1.67. The van der Waals surface area contributed by atoms with Crippen molar-refractivity contribution in [2.24, 2.45) is 0 Å². The Bertz CT molecular complexity index is 1160. The number of hydrogen-bond acceptors (Lipinski definition) is 6. The van der Waals surface area contributed by atoms with Crippen LogP contribution in [-0.2, 0) is 15.4 Å². The van der Waals surface area contributed by atoms with Crippen molar-refractivity contribution in [1.29, 1.82) is 10.5 Å². The van der Waals surface area contributed by atoms with E-state index >= 15 is 0 Å². The van der Waals surface area contributed by atoms with Gasteiger partial charge in [-0.3, -0.25) is 0 Å². The lowest BCUT2D eigenvalue weighted by Gasteiger charge is -2.28. The van der Waals surface area contributed by atoms with Crippen molar-refractivity contribution in [1.82, 2.24) is 0 Å². The lowest BCUT2D eigenvalue weighted by atomic mass is 9.88. The number of sulfone groups is 1. The molecule has 2 atom stereocenters. The quantitative estimate of drug-likeness (QED) is 0.844. The van der Waals surface area contributed by atoms with Gasteiger partial charge < -0.3 is 9.84 Å². The number of halogens is 2. The first-order valence-corrected chi connectivity index (χ1v) is 9.07. The summed E-state index contributed by atoms with van der Waals surface area (Å²) in [5.74, 6) is -1.08. The Labute approximate surface area is 153 Å². The maximum Gasteiger partial charge on any atom is 0.244 e. The topological polar surface area (TPSA) is 111 Å². The molecule has 1 heterocycles. The highest BCUT2D eigenvalue weighted by atomic mass is 32.2. The largest absolute Gasteiger partial charge is 0.456 e. The van der Waals surface area contributed by atoms with Crippen LogP contribution in [0.4, 0.5) is 8.78 Å². The molecule has 0 saturated heterocycles. The minimum absolute atomic E-state index is 0.0319. The van der Waals surface area contributed by atoms with E-state index < -0.39 is 42.3 Å². The third-order valence-electron chi connectivity index (χ3n) is 4.62. The van der Waals surface area contributed by atoms with Gasteiger partial charge in [-0.15, -0.1) is 0 Å². The molecule has 2 aromatic carbocycles.